The van der Waals surface area contributed by atoms with Gasteiger partial charge in [0.25, 0.3) is 5.91 Å². The first kappa shape index (κ1) is 22.3. The lowest BCUT2D eigenvalue weighted by molar-refractivity contribution is -0.137. The molecule has 6 heteroatoms. The number of amides is 1. The van der Waals surface area contributed by atoms with Gasteiger partial charge in [-0.25, -0.2) is 4.98 Å². The average Bonchev–Trinajstić information content (AvgIpc) is 3.13. The minimum atomic E-state index is -0.534. The van der Waals surface area contributed by atoms with E-state index in [1.54, 1.807) is 0 Å². The number of oxazole rings is 1. The van der Waals surface area contributed by atoms with Crippen LogP contribution in [0.1, 0.15) is 45.8 Å². The van der Waals surface area contributed by atoms with Crippen molar-refractivity contribution in [1.29, 1.82) is 0 Å². The number of carbonyl (C=O) groups excluding carboxylic acids is 1. The van der Waals surface area contributed by atoms with Gasteiger partial charge < -0.3 is 14.1 Å². The zero-order valence-corrected chi connectivity index (χ0v) is 19.5. The van der Waals surface area contributed by atoms with E-state index in [1.807, 2.05) is 48.4 Å². The summed E-state index contributed by atoms with van der Waals surface area (Å²) in [6.07, 6.45) is 2.21. The van der Waals surface area contributed by atoms with Crippen LogP contribution in [0.5, 0.6) is 5.75 Å². The van der Waals surface area contributed by atoms with Crippen LogP contribution in [0.15, 0.2) is 53.1 Å². The van der Waals surface area contributed by atoms with Gasteiger partial charge >= 0.3 is 0 Å². The molecule has 2 heterocycles. The molecule has 1 unspecified atom stereocenters. The van der Waals surface area contributed by atoms with Crippen LogP contribution in [0.4, 0.5) is 0 Å². The fourth-order valence-electron chi connectivity index (χ4n) is 4.07. The molecule has 2 aromatic carbocycles. The van der Waals surface area contributed by atoms with E-state index >= 15 is 0 Å². The SMILES string of the molecule is CC(Oc1cccc2ccccc12)C(=O)N1CCCN(Cc2ncc(C(C)(C)C)o2)CC1. The third-order valence-corrected chi connectivity index (χ3v) is 5.95. The number of aromatic nitrogens is 1. The largest absolute Gasteiger partial charge is 0.480 e. The highest BCUT2D eigenvalue weighted by atomic mass is 16.5. The fraction of sp³-hybridized carbons (Fsp3) is 0.462. The van der Waals surface area contributed by atoms with Crippen molar-refractivity contribution in [2.45, 2.75) is 52.2 Å². The molecule has 0 saturated carbocycles. The van der Waals surface area contributed by atoms with Crippen LogP contribution in [0, 0.1) is 0 Å². The molecule has 170 valence electrons. The lowest BCUT2D eigenvalue weighted by Crippen LogP contribution is -2.42. The second-order valence-corrected chi connectivity index (χ2v) is 9.56. The molecule has 1 atom stereocenters. The summed E-state index contributed by atoms with van der Waals surface area (Å²) in [4.78, 5) is 21.8. The lowest BCUT2D eigenvalue weighted by Gasteiger charge is -2.25. The van der Waals surface area contributed by atoms with Gasteiger partial charge in [-0.1, -0.05) is 57.2 Å². The van der Waals surface area contributed by atoms with Crippen LogP contribution >= 0.6 is 0 Å². The average molecular weight is 436 g/mol. The first-order valence-electron chi connectivity index (χ1n) is 11.4. The number of hydrogen-bond acceptors (Lipinski definition) is 5. The first-order chi connectivity index (χ1) is 15.3. The van der Waals surface area contributed by atoms with Gasteiger partial charge in [0.1, 0.15) is 11.5 Å². The highest BCUT2D eigenvalue weighted by Gasteiger charge is 2.26. The predicted molar refractivity (Wildman–Crippen MR) is 126 cm³/mol. The number of benzene rings is 2. The summed E-state index contributed by atoms with van der Waals surface area (Å²) in [7, 11) is 0. The van der Waals surface area contributed by atoms with Crippen LogP contribution in [0.3, 0.4) is 0 Å². The van der Waals surface area contributed by atoms with E-state index in [1.165, 1.54) is 0 Å². The van der Waals surface area contributed by atoms with E-state index in [-0.39, 0.29) is 11.3 Å². The van der Waals surface area contributed by atoms with Crippen LogP contribution in [-0.4, -0.2) is 53.0 Å². The number of rotatable bonds is 5. The standard InChI is InChI=1S/C26H33N3O3/c1-19(31-22-12-7-10-20-9-5-6-11-21(20)22)25(30)29-14-8-13-28(15-16-29)18-24-27-17-23(32-24)26(2,3)4/h5-7,9-12,17,19H,8,13-16,18H2,1-4H3. The summed E-state index contributed by atoms with van der Waals surface area (Å²) in [5.74, 6) is 2.42. The van der Waals surface area contributed by atoms with Gasteiger partial charge in [0.2, 0.25) is 5.89 Å². The van der Waals surface area contributed by atoms with Gasteiger partial charge in [0.15, 0.2) is 6.10 Å². The third kappa shape index (κ3) is 5.13. The third-order valence-electron chi connectivity index (χ3n) is 5.95. The minimum Gasteiger partial charge on any atom is -0.480 e. The topological polar surface area (TPSA) is 58.8 Å². The molecule has 1 amide bonds. The van der Waals surface area contributed by atoms with E-state index in [0.29, 0.717) is 13.1 Å². The molecule has 1 aliphatic rings. The zero-order chi connectivity index (χ0) is 22.7. The van der Waals surface area contributed by atoms with E-state index < -0.39 is 6.10 Å². The van der Waals surface area contributed by atoms with Crippen molar-refractivity contribution in [2.24, 2.45) is 0 Å². The summed E-state index contributed by atoms with van der Waals surface area (Å²) in [6, 6.07) is 14.0. The Bertz CT molecular complexity index is 1060. The molecule has 0 N–H and O–H groups in total. The van der Waals surface area contributed by atoms with Gasteiger partial charge in [0, 0.05) is 37.0 Å². The quantitative estimate of drug-likeness (QED) is 0.585. The summed E-state index contributed by atoms with van der Waals surface area (Å²) in [5.41, 5.74) is -0.0481. The number of nitrogens with zero attached hydrogens (tertiary/aromatic N) is 3. The molecule has 1 fully saturated rings. The summed E-state index contributed by atoms with van der Waals surface area (Å²) < 4.78 is 12.1. The Balaban J connectivity index is 1.35. The highest BCUT2D eigenvalue weighted by Crippen LogP contribution is 2.27. The van der Waals surface area contributed by atoms with E-state index in [4.69, 9.17) is 9.15 Å². The molecule has 0 radical (unpaired) electrons. The van der Waals surface area contributed by atoms with Gasteiger partial charge in [-0.15, -0.1) is 0 Å². The second kappa shape index (κ2) is 9.33. The fourth-order valence-corrected chi connectivity index (χ4v) is 4.07. The summed E-state index contributed by atoms with van der Waals surface area (Å²) in [5, 5.41) is 2.13. The Morgan fingerprint density at radius 3 is 2.66 bits per heavy atom. The van der Waals surface area contributed by atoms with Crippen molar-refractivity contribution in [2.75, 3.05) is 26.2 Å². The highest BCUT2D eigenvalue weighted by molar-refractivity contribution is 5.89. The molecule has 6 nitrogen and oxygen atoms in total. The molecule has 1 aromatic heterocycles. The molecule has 1 aliphatic heterocycles. The van der Waals surface area contributed by atoms with E-state index in [9.17, 15) is 4.79 Å². The molecular formula is C26H33N3O3. The normalized spacial score (nSPS) is 16.7. The smallest absolute Gasteiger partial charge is 0.263 e. The molecular weight excluding hydrogens is 402 g/mol. The predicted octanol–water partition coefficient (Wildman–Crippen LogP) is 4.63. The summed E-state index contributed by atoms with van der Waals surface area (Å²) >= 11 is 0. The van der Waals surface area contributed by atoms with E-state index in [2.05, 4.69) is 42.8 Å². The van der Waals surface area contributed by atoms with Crippen molar-refractivity contribution in [1.82, 2.24) is 14.8 Å². The van der Waals surface area contributed by atoms with Crippen LogP contribution < -0.4 is 4.74 Å². The van der Waals surface area contributed by atoms with Gasteiger partial charge in [-0.3, -0.25) is 9.69 Å². The Kier molecular flexibility index (Phi) is 6.51. The van der Waals surface area contributed by atoms with Crippen molar-refractivity contribution < 1.29 is 13.9 Å². The molecule has 0 aliphatic carbocycles. The minimum absolute atomic E-state index is 0.0333. The van der Waals surface area contributed by atoms with Crippen molar-refractivity contribution >= 4 is 16.7 Å². The molecule has 0 spiro atoms. The number of carbonyl (C=O) groups is 1. The number of ether oxygens (including phenoxy) is 1. The van der Waals surface area contributed by atoms with Crippen LogP contribution in [-0.2, 0) is 16.8 Å². The maximum absolute atomic E-state index is 13.1. The van der Waals surface area contributed by atoms with Gasteiger partial charge in [-0.2, -0.15) is 0 Å². The Labute approximate surface area is 190 Å². The van der Waals surface area contributed by atoms with Crippen molar-refractivity contribution in [3.05, 3.63) is 60.3 Å². The Hall–Kier alpha value is -2.86. The summed E-state index contributed by atoms with van der Waals surface area (Å²) in [6.45, 7) is 12.0. The Morgan fingerprint density at radius 1 is 1.09 bits per heavy atom. The van der Waals surface area contributed by atoms with Crippen LogP contribution in [0.2, 0.25) is 0 Å². The zero-order valence-electron chi connectivity index (χ0n) is 19.5. The van der Waals surface area contributed by atoms with E-state index in [0.717, 1.165) is 54.2 Å². The molecule has 1 saturated heterocycles. The molecule has 3 aromatic rings. The van der Waals surface area contributed by atoms with Crippen LogP contribution in [0.25, 0.3) is 10.8 Å². The Morgan fingerprint density at radius 2 is 1.88 bits per heavy atom. The number of hydrogen-bond donors (Lipinski definition) is 0. The van der Waals surface area contributed by atoms with Gasteiger partial charge in [-0.05, 0) is 24.8 Å². The lowest BCUT2D eigenvalue weighted by atomic mass is 9.94. The maximum Gasteiger partial charge on any atom is 0.263 e. The first-order valence-corrected chi connectivity index (χ1v) is 11.4. The molecule has 0 bridgehead atoms. The van der Waals surface area contributed by atoms with Crippen molar-refractivity contribution in [3.8, 4) is 5.75 Å². The van der Waals surface area contributed by atoms with Crippen molar-refractivity contribution in [3.63, 3.8) is 0 Å². The second-order valence-electron chi connectivity index (χ2n) is 9.56. The molecule has 32 heavy (non-hydrogen) atoms. The monoisotopic (exact) mass is 435 g/mol. The van der Waals surface area contributed by atoms with Gasteiger partial charge in [0.05, 0.1) is 12.7 Å². The molecule has 4 rings (SSSR count). The number of fused-ring (bicyclic) bond motifs is 1. The maximum atomic E-state index is 13.1.